The van der Waals surface area contributed by atoms with Crippen LogP contribution in [0.15, 0.2) is 53.7 Å². The second kappa shape index (κ2) is 8.78. The number of halogens is 1. The minimum absolute atomic E-state index is 0.573. The molecule has 1 aromatic heterocycles. The minimum Gasteiger partial charge on any atom is -0.494 e. The molecule has 0 aliphatic carbocycles. The third-order valence-electron chi connectivity index (χ3n) is 3.30. The van der Waals surface area contributed by atoms with Gasteiger partial charge in [-0.3, -0.25) is 5.10 Å². The summed E-state index contributed by atoms with van der Waals surface area (Å²) in [6, 6.07) is 15.1. The molecule has 0 radical (unpaired) electrons. The van der Waals surface area contributed by atoms with Crippen LogP contribution in [0.1, 0.15) is 6.92 Å². The van der Waals surface area contributed by atoms with Crippen LogP contribution in [0.4, 0.5) is 0 Å². The zero-order valence-corrected chi connectivity index (χ0v) is 15.3. The number of ether oxygens (including phenoxy) is 2. The van der Waals surface area contributed by atoms with Crippen LogP contribution in [0.2, 0.25) is 5.02 Å². The number of hydrogen-bond donors (Lipinski definition) is 1. The molecule has 0 saturated carbocycles. The Bertz CT molecular complexity index is 791. The summed E-state index contributed by atoms with van der Waals surface area (Å²) in [6.45, 7) is 3.19. The molecule has 5 nitrogen and oxygen atoms in total. The highest BCUT2D eigenvalue weighted by atomic mass is 35.5. The van der Waals surface area contributed by atoms with Gasteiger partial charge in [0.2, 0.25) is 5.16 Å². The SMILES string of the molecule is CCOc1ccc(OCCSc2n[nH]c(-c3ccc(Cl)cc3)n2)cc1. The van der Waals surface area contributed by atoms with Crippen LogP contribution >= 0.6 is 23.4 Å². The number of thioether (sulfide) groups is 1. The lowest BCUT2D eigenvalue weighted by Crippen LogP contribution is -2.00. The molecule has 0 bridgehead atoms. The molecule has 2 aromatic carbocycles. The van der Waals surface area contributed by atoms with Gasteiger partial charge in [-0.25, -0.2) is 4.98 Å². The van der Waals surface area contributed by atoms with E-state index in [-0.39, 0.29) is 0 Å². The van der Waals surface area contributed by atoms with Crippen molar-refractivity contribution in [3.05, 3.63) is 53.6 Å². The Morgan fingerprint density at radius 3 is 2.36 bits per heavy atom. The largest absolute Gasteiger partial charge is 0.494 e. The normalized spacial score (nSPS) is 10.6. The van der Waals surface area contributed by atoms with Gasteiger partial charge in [0, 0.05) is 16.3 Å². The summed E-state index contributed by atoms with van der Waals surface area (Å²) in [5.41, 5.74) is 0.953. The quantitative estimate of drug-likeness (QED) is 0.457. The molecule has 0 amide bonds. The standard InChI is InChI=1S/C18H18ClN3O2S/c1-2-23-15-7-9-16(10-8-15)24-11-12-25-18-20-17(21-22-18)13-3-5-14(19)6-4-13/h3-10H,2,11-12H2,1H3,(H,20,21,22). The van der Waals surface area contributed by atoms with Crippen molar-refractivity contribution in [3.8, 4) is 22.9 Å². The van der Waals surface area contributed by atoms with E-state index in [0.717, 1.165) is 28.6 Å². The van der Waals surface area contributed by atoms with Crippen molar-refractivity contribution in [2.24, 2.45) is 0 Å². The lowest BCUT2D eigenvalue weighted by Gasteiger charge is -2.06. The Morgan fingerprint density at radius 2 is 1.68 bits per heavy atom. The predicted octanol–water partition coefficient (Wildman–Crippen LogP) is 4.69. The number of rotatable bonds is 8. The van der Waals surface area contributed by atoms with E-state index in [0.29, 0.717) is 23.4 Å². The van der Waals surface area contributed by atoms with Gasteiger partial charge in [-0.2, -0.15) is 0 Å². The fourth-order valence-corrected chi connectivity index (χ4v) is 2.88. The number of nitrogens with one attached hydrogen (secondary N) is 1. The molecule has 3 aromatic rings. The molecule has 0 spiro atoms. The second-order valence-electron chi connectivity index (χ2n) is 5.07. The minimum atomic E-state index is 0.573. The summed E-state index contributed by atoms with van der Waals surface area (Å²) in [4.78, 5) is 4.47. The first-order chi connectivity index (χ1) is 12.2. The second-order valence-corrected chi connectivity index (χ2v) is 6.57. The van der Waals surface area contributed by atoms with E-state index < -0.39 is 0 Å². The number of hydrogen-bond acceptors (Lipinski definition) is 5. The molecule has 0 aliphatic rings. The molecule has 1 N–H and O–H groups in total. The summed E-state index contributed by atoms with van der Waals surface area (Å²) in [5.74, 6) is 3.15. The molecule has 1 heterocycles. The van der Waals surface area contributed by atoms with Crippen molar-refractivity contribution < 1.29 is 9.47 Å². The molecule has 25 heavy (non-hydrogen) atoms. The lowest BCUT2D eigenvalue weighted by molar-refractivity contribution is 0.332. The molecular formula is C18H18ClN3O2S. The van der Waals surface area contributed by atoms with Gasteiger partial charge in [0.1, 0.15) is 11.5 Å². The van der Waals surface area contributed by atoms with Gasteiger partial charge in [-0.15, -0.1) is 5.10 Å². The maximum atomic E-state index is 5.89. The average Bonchev–Trinajstić information content (AvgIpc) is 3.10. The topological polar surface area (TPSA) is 60.0 Å². The monoisotopic (exact) mass is 375 g/mol. The number of benzene rings is 2. The molecule has 0 fully saturated rings. The summed E-state index contributed by atoms with van der Waals surface area (Å²) in [5, 5.41) is 8.55. The smallest absolute Gasteiger partial charge is 0.208 e. The zero-order chi connectivity index (χ0) is 17.5. The van der Waals surface area contributed by atoms with Crippen LogP contribution < -0.4 is 9.47 Å². The fourth-order valence-electron chi connectivity index (χ4n) is 2.14. The third-order valence-corrected chi connectivity index (χ3v) is 4.36. The van der Waals surface area contributed by atoms with Crippen molar-refractivity contribution >= 4 is 23.4 Å². The number of nitrogens with zero attached hydrogens (tertiary/aromatic N) is 2. The van der Waals surface area contributed by atoms with Crippen molar-refractivity contribution in [3.63, 3.8) is 0 Å². The summed E-state index contributed by atoms with van der Waals surface area (Å²) in [6.07, 6.45) is 0. The van der Waals surface area contributed by atoms with Gasteiger partial charge >= 0.3 is 0 Å². The van der Waals surface area contributed by atoms with E-state index in [2.05, 4.69) is 15.2 Å². The van der Waals surface area contributed by atoms with Crippen LogP contribution in [-0.2, 0) is 0 Å². The maximum absolute atomic E-state index is 5.89. The predicted molar refractivity (Wildman–Crippen MR) is 101 cm³/mol. The van der Waals surface area contributed by atoms with E-state index in [4.69, 9.17) is 21.1 Å². The van der Waals surface area contributed by atoms with Gasteiger partial charge in [0.25, 0.3) is 0 Å². The Labute approximate surface area is 155 Å². The average molecular weight is 376 g/mol. The van der Waals surface area contributed by atoms with E-state index in [1.807, 2.05) is 55.5 Å². The van der Waals surface area contributed by atoms with Crippen LogP contribution in [0.25, 0.3) is 11.4 Å². The first-order valence-electron chi connectivity index (χ1n) is 7.91. The van der Waals surface area contributed by atoms with Crippen LogP contribution in [-0.4, -0.2) is 34.1 Å². The van der Waals surface area contributed by atoms with Gasteiger partial charge < -0.3 is 9.47 Å². The first-order valence-corrected chi connectivity index (χ1v) is 9.28. The van der Waals surface area contributed by atoms with Gasteiger partial charge in [0.15, 0.2) is 5.82 Å². The lowest BCUT2D eigenvalue weighted by atomic mass is 10.2. The first kappa shape index (κ1) is 17.6. The Kier molecular flexibility index (Phi) is 6.19. The number of H-pyrrole nitrogens is 1. The van der Waals surface area contributed by atoms with Crippen LogP contribution in [0.5, 0.6) is 11.5 Å². The Morgan fingerprint density at radius 1 is 1.00 bits per heavy atom. The molecule has 0 atom stereocenters. The van der Waals surface area contributed by atoms with Crippen LogP contribution in [0, 0.1) is 0 Å². The van der Waals surface area contributed by atoms with E-state index in [1.54, 1.807) is 11.8 Å². The highest BCUT2D eigenvalue weighted by Gasteiger charge is 2.06. The molecule has 0 unspecified atom stereocenters. The van der Waals surface area contributed by atoms with E-state index in [9.17, 15) is 0 Å². The fraction of sp³-hybridized carbons (Fsp3) is 0.222. The van der Waals surface area contributed by atoms with Gasteiger partial charge in [0.05, 0.1) is 13.2 Å². The highest BCUT2D eigenvalue weighted by molar-refractivity contribution is 7.99. The Hall–Kier alpha value is -2.18. The molecule has 3 rings (SSSR count). The zero-order valence-electron chi connectivity index (χ0n) is 13.7. The highest BCUT2D eigenvalue weighted by Crippen LogP contribution is 2.21. The molecule has 130 valence electrons. The third kappa shape index (κ3) is 5.14. The van der Waals surface area contributed by atoms with Crippen molar-refractivity contribution in [1.29, 1.82) is 0 Å². The van der Waals surface area contributed by atoms with Crippen molar-refractivity contribution in [2.75, 3.05) is 19.0 Å². The van der Waals surface area contributed by atoms with Gasteiger partial charge in [-0.05, 0) is 55.5 Å². The Balaban J connectivity index is 1.45. The van der Waals surface area contributed by atoms with Crippen molar-refractivity contribution in [1.82, 2.24) is 15.2 Å². The summed E-state index contributed by atoms with van der Waals surface area (Å²) >= 11 is 7.43. The van der Waals surface area contributed by atoms with E-state index >= 15 is 0 Å². The number of aromatic amines is 1. The number of aromatic nitrogens is 3. The summed E-state index contributed by atoms with van der Waals surface area (Å²) in [7, 11) is 0. The van der Waals surface area contributed by atoms with Gasteiger partial charge in [-0.1, -0.05) is 23.4 Å². The molecule has 7 heteroatoms. The molecular weight excluding hydrogens is 358 g/mol. The van der Waals surface area contributed by atoms with E-state index in [1.165, 1.54) is 0 Å². The maximum Gasteiger partial charge on any atom is 0.208 e. The van der Waals surface area contributed by atoms with Crippen molar-refractivity contribution in [2.45, 2.75) is 12.1 Å². The van der Waals surface area contributed by atoms with Crippen LogP contribution in [0.3, 0.4) is 0 Å². The summed E-state index contributed by atoms with van der Waals surface area (Å²) < 4.78 is 11.1. The molecule has 0 aliphatic heterocycles. The molecule has 0 saturated heterocycles.